The van der Waals surface area contributed by atoms with Gasteiger partial charge in [-0.3, -0.25) is 4.79 Å². The fraction of sp³-hybridized carbons (Fsp3) is 0.0714. The molecule has 0 atom stereocenters. The van der Waals surface area contributed by atoms with Gasteiger partial charge in [0.05, 0.1) is 17.8 Å². The molecule has 0 spiro atoms. The van der Waals surface area contributed by atoms with Crippen LogP contribution in [-0.2, 0) is 0 Å². The predicted molar refractivity (Wildman–Crippen MR) is 74.0 cm³/mol. The maximum atomic E-state index is 13.6. The van der Waals surface area contributed by atoms with E-state index in [1.54, 1.807) is 0 Å². The smallest absolute Gasteiger partial charge is 0.255 e. The molecule has 0 aromatic heterocycles. The Morgan fingerprint density at radius 3 is 2.70 bits per heavy atom. The predicted octanol–water partition coefficient (Wildman–Crippen LogP) is 3.45. The van der Waals surface area contributed by atoms with E-state index in [4.69, 9.17) is 16.3 Å². The molecule has 2 N–H and O–H groups in total. The van der Waals surface area contributed by atoms with Gasteiger partial charge < -0.3 is 15.2 Å². The highest BCUT2D eigenvalue weighted by Gasteiger charge is 2.12. The van der Waals surface area contributed by atoms with Crippen LogP contribution >= 0.6 is 11.6 Å². The molecule has 0 fully saturated rings. The molecule has 2 aromatic carbocycles. The molecular weight excluding hydrogens is 285 g/mol. The van der Waals surface area contributed by atoms with E-state index in [2.05, 4.69) is 5.32 Å². The van der Waals surface area contributed by atoms with Crippen LogP contribution in [0.4, 0.5) is 10.1 Å². The first-order valence-electron chi connectivity index (χ1n) is 5.64. The second-order valence-corrected chi connectivity index (χ2v) is 4.37. The average molecular weight is 296 g/mol. The molecule has 4 nitrogen and oxygen atoms in total. The number of hydrogen-bond acceptors (Lipinski definition) is 3. The zero-order chi connectivity index (χ0) is 14.7. The number of halogens is 2. The van der Waals surface area contributed by atoms with Crippen molar-refractivity contribution >= 4 is 23.2 Å². The molecular formula is C14H11ClFNO3. The molecule has 1 amide bonds. The molecule has 6 heteroatoms. The minimum absolute atomic E-state index is 0.00134. The van der Waals surface area contributed by atoms with Gasteiger partial charge in [-0.2, -0.15) is 0 Å². The molecule has 0 aliphatic carbocycles. The van der Waals surface area contributed by atoms with Gasteiger partial charge in [-0.25, -0.2) is 4.39 Å². The highest BCUT2D eigenvalue weighted by atomic mass is 35.5. The molecule has 0 aliphatic heterocycles. The minimum atomic E-state index is -0.580. The number of phenolic OH excluding ortho intramolecular Hbond substituents is 1. The minimum Gasteiger partial charge on any atom is -0.506 e. The molecule has 0 unspecified atom stereocenters. The Kier molecular flexibility index (Phi) is 4.10. The zero-order valence-electron chi connectivity index (χ0n) is 10.5. The van der Waals surface area contributed by atoms with Crippen molar-refractivity contribution < 1.29 is 19.0 Å². The van der Waals surface area contributed by atoms with Gasteiger partial charge in [0, 0.05) is 11.6 Å². The van der Waals surface area contributed by atoms with Crippen LogP contribution in [0.1, 0.15) is 10.4 Å². The largest absolute Gasteiger partial charge is 0.506 e. The van der Waals surface area contributed by atoms with E-state index in [9.17, 15) is 14.3 Å². The summed E-state index contributed by atoms with van der Waals surface area (Å²) < 4.78 is 18.5. The summed E-state index contributed by atoms with van der Waals surface area (Å²) in [5, 5.41) is 11.7. The van der Waals surface area contributed by atoms with E-state index >= 15 is 0 Å². The lowest BCUT2D eigenvalue weighted by Gasteiger charge is -2.09. The van der Waals surface area contributed by atoms with E-state index in [1.807, 2.05) is 0 Å². The number of amides is 1. The van der Waals surface area contributed by atoms with Gasteiger partial charge in [-0.05, 0) is 30.3 Å². The average Bonchev–Trinajstić information content (AvgIpc) is 2.44. The van der Waals surface area contributed by atoms with Gasteiger partial charge >= 0.3 is 0 Å². The molecule has 104 valence electrons. The van der Waals surface area contributed by atoms with Crippen molar-refractivity contribution in [1.29, 1.82) is 0 Å². The van der Waals surface area contributed by atoms with Crippen LogP contribution in [0.25, 0.3) is 0 Å². The summed E-state index contributed by atoms with van der Waals surface area (Å²) in [5.74, 6) is -0.829. The van der Waals surface area contributed by atoms with Gasteiger partial charge in [0.2, 0.25) is 0 Å². The van der Waals surface area contributed by atoms with E-state index in [1.165, 1.54) is 43.5 Å². The number of carbonyl (C=O) groups is 1. The van der Waals surface area contributed by atoms with Crippen molar-refractivity contribution in [3.8, 4) is 11.5 Å². The number of carbonyl (C=O) groups excluding carboxylic acids is 1. The Hall–Kier alpha value is -2.27. The monoisotopic (exact) mass is 295 g/mol. The summed E-state index contributed by atoms with van der Waals surface area (Å²) in [6, 6.07) is 7.98. The first-order chi connectivity index (χ1) is 9.51. The molecule has 0 saturated heterocycles. The highest BCUT2D eigenvalue weighted by molar-refractivity contribution is 6.32. The highest BCUT2D eigenvalue weighted by Crippen LogP contribution is 2.25. The fourth-order valence-electron chi connectivity index (χ4n) is 1.57. The molecule has 0 saturated carbocycles. The van der Waals surface area contributed by atoms with Crippen LogP contribution in [0.3, 0.4) is 0 Å². The number of anilines is 1. The summed E-state index contributed by atoms with van der Waals surface area (Å²) in [6.07, 6.45) is 0. The molecule has 0 heterocycles. The Labute approximate surface area is 119 Å². The van der Waals surface area contributed by atoms with E-state index in [-0.39, 0.29) is 22.0 Å². The number of phenols is 1. The Bertz CT molecular complexity index is 661. The van der Waals surface area contributed by atoms with Crippen molar-refractivity contribution in [3.63, 3.8) is 0 Å². The maximum absolute atomic E-state index is 13.6. The number of hydrogen-bond donors (Lipinski definition) is 2. The second kappa shape index (κ2) is 5.79. The van der Waals surface area contributed by atoms with Gasteiger partial charge in [-0.15, -0.1) is 0 Å². The van der Waals surface area contributed by atoms with Crippen LogP contribution in [0.2, 0.25) is 5.02 Å². The summed E-state index contributed by atoms with van der Waals surface area (Å²) in [6.45, 7) is 0. The molecule has 0 bridgehead atoms. The normalized spacial score (nSPS) is 10.2. The Balaban J connectivity index is 2.25. The molecule has 2 rings (SSSR count). The van der Waals surface area contributed by atoms with Crippen molar-refractivity contribution in [1.82, 2.24) is 0 Å². The van der Waals surface area contributed by atoms with E-state index < -0.39 is 11.7 Å². The third-order valence-corrected chi connectivity index (χ3v) is 2.93. The number of methoxy groups -OCH3 is 1. The van der Waals surface area contributed by atoms with Crippen LogP contribution in [-0.4, -0.2) is 18.1 Å². The lowest BCUT2D eigenvalue weighted by atomic mass is 10.2. The standard InChI is InChI=1S/C14H11ClFNO3/c1-20-9-3-4-11(16)12(7-9)17-14(19)8-2-5-13(18)10(15)6-8/h2-7,18H,1H3,(H,17,19). The molecule has 0 radical (unpaired) electrons. The van der Waals surface area contributed by atoms with Crippen molar-refractivity contribution in [2.75, 3.05) is 12.4 Å². The third-order valence-electron chi connectivity index (χ3n) is 2.63. The van der Waals surface area contributed by atoms with Gasteiger partial charge in [-0.1, -0.05) is 11.6 Å². The van der Waals surface area contributed by atoms with Crippen LogP contribution in [0.5, 0.6) is 11.5 Å². The van der Waals surface area contributed by atoms with Crippen molar-refractivity contribution in [3.05, 3.63) is 52.8 Å². The number of rotatable bonds is 3. The number of aromatic hydroxyl groups is 1. The summed E-state index contributed by atoms with van der Waals surface area (Å²) in [7, 11) is 1.44. The number of nitrogens with one attached hydrogen (secondary N) is 1. The topological polar surface area (TPSA) is 58.6 Å². The fourth-order valence-corrected chi connectivity index (χ4v) is 1.75. The quantitative estimate of drug-likeness (QED) is 0.912. The lowest BCUT2D eigenvalue weighted by molar-refractivity contribution is 0.102. The lowest BCUT2D eigenvalue weighted by Crippen LogP contribution is -2.13. The molecule has 20 heavy (non-hydrogen) atoms. The zero-order valence-corrected chi connectivity index (χ0v) is 11.2. The summed E-state index contributed by atoms with van der Waals surface area (Å²) in [4.78, 5) is 12.0. The Morgan fingerprint density at radius 1 is 1.30 bits per heavy atom. The van der Waals surface area contributed by atoms with E-state index in [0.29, 0.717) is 5.75 Å². The molecule has 0 aliphatic rings. The summed E-state index contributed by atoms with van der Waals surface area (Å²) >= 11 is 5.72. The van der Waals surface area contributed by atoms with Crippen molar-refractivity contribution in [2.45, 2.75) is 0 Å². The van der Waals surface area contributed by atoms with Gasteiger partial charge in [0.25, 0.3) is 5.91 Å². The summed E-state index contributed by atoms with van der Waals surface area (Å²) in [5.41, 5.74) is 0.202. The van der Waals surface area contributed by atoms with Crippen molar-refractivity contribution in [2.24, 2.45) is 0 Å². The maximum Gasteiger partial charge on any atom is 0.255 e. The SMILES string of the molecule is COc1ccc(F)c(NC(=O)c2ccc(O)c(Cl)c2)c1. The molecule has 2 aromatic rings. The Morgan fingerprint density at radius 2 is 2.05 bits per heavy atom. The number of ether oxygens (including phenoxy) is 1. The van der Waals surface area contributed by atoms with E-state index in [0.717, 1.165) is 0 Å². The van der Waals surface area contributed by atoms with Crippen LogP contribution in [0.15, 0.2) is 36.4 Å². The van der Waals surface area contributed by atoms with Gasteiger partial charge in [0.1, 0.15) is 17.3 Å². The number of benzene rings is 2. The first kappa shape index (κ1) is 14.1. The second-order valence-electron chi connectivity index (χ2n) is 3.97. The first-order valence-corrected chi connectivity index (χ1v) is 6.02. The van der Waals surface area contributed by atoms with Crippen LogP contribution in [0, 0.1) is 5.82 Å². The van der Waals surface area contributed by atoms with Gasteiger partial charge in [0.15, 0.2) is 0 Å². The third kappa shape index (κ3) is 3.00. The van der Waals surface area contributed by atoms with Crippen LogP contribution < -0.4 is 10.1 Å².